The highest BCUT2D eigenvalue weighted by Crippen LogP contribution is 2.22. The van der Waals surface area contributed by atoms with Gasteiger partial charge in [-0.15, -0.1) is 0 Å². The van der Waals surface area contributed by atoms with Gasteiger partial charge in [0.2, 0.25) is 10.0 Å². The zero-order chi connectivity index (χ0) is 19.4. The summed E-state index contributed by atoms with van der Waals surface area (Å²) in [6.07, 6.45) is 0. The van der Waals surface area contributed by atoms with E-state index in [0.717, 1.165) is 55.1 Å². The van der Waals surface area contributed by atoms with Crippen molar-refractivity contribution in [2.75, 3.05) is 26.3 Å². The average Bonchev–Trinajstić information content (AvgIpc) is 2.61. The lowest BCUT2D eigenvalue weighted by molar-refractivity contribution is 0.0342. The summed E-state index contributed by atoms with van der Waals surface area (Å²) in [7, 11) is -3.54. The monoisotopic (exact) mass is 388 g/mol. The molecular weight excluding hydrogens is 360 g/mol. The normalized spacial score (nSPS) is 15.8. The molecule has 1 aliphatic rings. The molecule has 1 saturated heterocycles. The molecule has 27 heavy (non-hydrogen) atoms. The fraction of sp³-hybridized carbons (Fsp3) is 0.429. The number of morpholine rings is 1. The van der Waals surface area contributed by atoms with Gasteiger partial charge in [-0.25, -0.2) is 13.1 Å². The smallest absolute Gasteiger partial charge is 0.241 e. The second kappa shape index (κ2) is 8.52. The van der Waals surface area contributed by atoms with Crippen molar-refractivity contribution in [3.05, 3.63) is 64.2 Å². The second-order valence-corrected chi connectivity index (χ2v) is 8.96. The van der Waals surface area contributed by atoms with Crippen molar-refractivity contribution < 1.29 is 13.2 Å². The molecule has 0 unspecified atom stereocenters. The molecule has 3 rings (SSSR count). The van der Waals surface area contributed by atoms with E-state index in [1.807, 2.05) is 45.0 Å². The van der Waals surface area contributed by atoms with Crippen LogP contribution < -0.4 is 4.72 Å². The number of nitrogens with one attached hydrogen (secondary N) is 1. The highest BCUT2D eigenvalue weighted by molar-refractivity contribution is 7.89. The molecule has 6 heteroatoms. The maximum absolute atomic E-state index is 12.8. The van der Waals surface area contributed by atoms with Gasteiger partial charge in [0.1, 0.15) is 0 Å². The van der Waals surface area contributed by atoms with Crippen molar-refractivity contribution in [3.63, 3.8) is 0 Å². The van der Waals surface area contributed by atoms with E-state index in [1.54, 1.807) is 0 Å². The van der Waals surface area contributed by atoms with Gasteiger partial charge in [-0.1, -0.05) is 42.0 Å². The molecule has 1 aliphatic heterocycles. The zero-order valence-electron chi connectivity index (χ0n) is 16.3. The largest absolute Gasteiger partial charge is 0.379 e. The summed E-state index contributed by atoms with van der Waals surface area (Å²) in [5.41, 5.74) is 4.81. The van der Waals surface area contributed by atoms with Gasteiger partial charge in [0.05, 0.1) is 18.1 Å². The topological polar surface area (TPSA) is 58.6 Å². The molecule has 0 bridgehead atoms. The van der Waals surface area contributed by atoms with Crippen LogP contribution in [0.15, 0.2) is 41.3 Å². The first-order valence-corrected chi connectivity index (χ1v) is 10.8. The maximum Gasteiger partial charge on any atom is 0.241 e. The van der Waals surface area contributed by atoms with E-state index in [9.17, 15) is 8.42 Å². The lowest BCUT2D eigenvalue weighted by atomic mass is 10.1. The van der Waals surface area contributed by atoms with Crippen molar-refractivity contribution in [1.82, 2.24) is 9.62 Å². The van der Waals surface area contributed by atoms with Crippen LogP contribution in [0.1, 0.15) is 27.8 Å². The maximum atomic E-state index is 12.8. The summed E-state index contributed by atoms with van der Waals surface area (Å²) in [4.78, 5) is 2.75. The lowest BCUT2D eigenvalue weighted by Crippen LogP contribution is -2.35. The third-order valence-electron chi connectivity index (χ3n) is 4.87. The van der Waals surface area contributed by atoms with E-state index in [0.29, 0.717) is 4.90 Å². The minimum absolute atomic E-state index is 0.285. The van der Waals surface area contributed by atoms with Crippen molar-refractivity contribution in [2.24, 2.45) is 0 Å². The number of hydrogen-bond acceptors (Lipinski definition) is 4. The van der Waals surface area contributed by atoms with Gasteiger partial charge in [0.25, 0.3) is 0 Å². The molecule has 2 aromatic carbocycles. The third kappa shape index (κ3) is 5.17. The van der Waals surface area contributed by atoms with Crippen LogP contribution in [0.2, 0.25) is 0 Å². The van der Waals surface area contributed by atoms with Gasteiger partial charge in [-0.3, -0.25) is 4.90 Å². The Morgan fingerprint density at radius 2 is 1.52 bits per heavy atom. The number of sulfonamides is 1. The fourth-order valence-corrected chi connectivity index (χ4v) is 5.09. The van der Waals surface area contributed by atoms with Crippen molar-refractivity contribution in [1.29, 1.82) is 0 Å². The minimum Gasteiger partial charge on any atom is -0.379 e. The predicted octanol–water partition coefficient (Wildman–Crippen LogP) is 2.92. The van der Waals surface area contributed by atoms with E-state index in [2.05, 4.69) is 21.8 Å². The number of rotatable bonds is 6. The number of benzene rings is 2. The van der Waals surface area contributed by atoms with Crippen molar-refractivity contribution in [2.45, 2.75) is 38.8 Å². The van der Waals surface area contributed by atoms with Gasteiger partial charge < -0.3 is 4.74 Å². The number of aryl methyl sites for hydroxylation is 3. The van der Waals surface area contributed by atoms with Crippen LogP contribution in [0.25, 0.3) is 0 Å². The van der Waals surface area contributed by atoms with Gasteiger partial charge in [-0.2, -0.15) is 0 Å². The van der Waals surface area contributed by atoms with Crippen LogP contribution in [-0.4, -0.2) is 39.6 Å². The van der Waals surface area contributed by atoms with E-state index in [1.165, 1.54) is 5.56 Å². The summed E-state index contributed by atoms with van der Waals surface area (Å²) in [6, 6.07) is 11.9. The van der Waals surface area contributed by atoms with Crippen molar-refractivity contribution >= 4 is 10.0 Å². The quantitative estimate of drug-likeness (QED) is 0.827. The molecule has 0 aromatic heterocycles. The van der Waals surface area contributed by atoms with Crippen LogP contribution in [0.5, 0.6) is 0 Å². The first-order valence-electron chi connectivity index (χ1n) is 9.30. The predicted molar refractivity (Wildman–Crippen MR) is 107 cm³/mol. The highest BCUT2D eigenvalue weighted by Gasteiger charge is 2.19. The van der Waals surface area contributed by atoms with Crippen LogP contribution in [0.3, 0.4) is 0 Å². The van der Waals surface area contributed by atoms with Gasteiger partial charge in [-0.05, 0) is 43.0 Å². The molecule has 1 fully saturated rings. The molecule has 5 nitrogen and oxygen atoms in total. The minimum atomic E-state index is -3.54. The molecule has 0 radical (unpaired) electrons. The second-order valence-electron chi connectivity index (χ2n) is 7.26. The Morgan fingerprint density at radius 1 is 0.963 bits per heavy atom. The Kier molecular flexibility index (Phi) is 6.32. The van der Waals surface area contributed by atoms with Gasteiger partial charge in [0.15, 0.2) is 0 Å². The molecule has 0 aliphatic carbocycles. The fourth-order valence-electron chi connectivity index (χ4n) is 3.62. The Hall–Kier alpha value is -1.73. The molecule has 1 N–H and O–H groups in total. The first-order chi connectivity index (χ1) is 12.8. The SMILES string of the molecule is Cc1cc(C)c(S(=O)(=O)NCc2ccc(CN3CCOCC3)cc2)c(C)c1. The Balaban J connectivity index is 1.64. The molecule has 0 spiro atoms. The number of ether oxygens (including phenoxy) is 1. The van der Waals surface area contributed by atoms with Crippen LogP contribution in [-0.2, 0) is 27.8 Å². The van der Waals surface area contributed by atoms with Crippen LogP contribution in [0.4, 0.5) is 0 Å². The van der Waals surface area contributed by atoms with Gasteiger partial charge >= 0.3 is 0 Å². The van der Waals surface area contributed by atoms with Crippen molar-refractivity contribution in [3.8, 4) is 0 Å². The molecule has 2 aromatic rings. The summed E-state index contributed by atoms with van der Waals surface area (Å²) in [6.45, 7) is 10.3. The standard InChI is InChI=1S/C21H28N2O3S/c1-16-12-17(2)21(18(3)13-16)27(24,25)22-14-19-4-6-20(7-5-19)15-23-8-10-26-11-9-23/h4-7,12-13,22H,8-11,14-15H2,1-3H3. The third-order valence-corrected chi connectivity index (χ3v) is 6.58. The molecule has 0 saturated carbocycles. The first kappa shape index (κ1) is 20.0. The van der Waals surface area contributed by atoms with E-state index in [-0.39, 0.29) is 6.54 Å². The number of hydrogen-bond donors (Lipinski definition) is 1. The Labute approximate surface area is 162 Å². The highest BCUT2D eigenvalue weighted by atomic mass is 32.2. The summed E-state index contributed by atoms with van der Waals surface area (Å²) in [5.74, 6) is 0. The Morgan fingerprint density at radius 3 is 2.11 bits per heavy atom. The molecule has 0 atom stereocenters. The van der Waals surface area contributed by atoms with E-state index in [4.69, 9.17) is 4.74 Å². The molecular formula is C21H28N2O3S. The summed E-state index contributed by atoms with van der Waals surface area (Å²) < 4.78 is 33.6. The summed E-state index contributed by atoms with van der Waals surface area (Å²) in [5, 5.41) is 0. The van der Waals surface area contributed by atoms with Gasteiger partial charge in [0, 0.05) is 26.2 Å². The Bertz CT molecular complexity index is 863. The lowest BCUT2D eigenvalue weighted by Gasteiger charge is -2.26. The molecule has 0 amide bonds. The van der Waals surface area contributed by atoms with Crippen LogP contribution in [0, 0.1) is 20.8 Å². The van der Waals surface area contributed by atoms with E-state index >= 15 is 0 Å². The number of nitrogens with zero attached hydrogens (tertiary/aromatic N) is 1. The molecule has 1 heterocycles. The zero-order valence-corrected chi connectivity index (χ0v) is 17.1. The summed E-state index contributed by atoms with van der Waals surface area (Å²) >= 11 is 0. The van der Waals surface area contributed by atoms with Crippen LogP contribution >= 0.6 is 0 Å². The molecule has 146 valence electrons. The average molecular weight is 389 g/mol. The van der Waals surface area contributed by atoms with E-state index < -0.39 is 10.0 Å².